The van der Waals surface area contributed by atoms with E-state index >= 15 is 0 Å². The Morgan fingerprint density at radius 1 is 0.920 bits per heavy atom. The number of allylic oxidation sites excluding steroid dienone is 2. The van der Waals surface area contributed by atoms with E-state index in [2.05, 4.69) is 4.98 Å². The Morgan fingerprint density at radius 2 is 1.56 bits per heavy atom. The number of Topliss-reactive ketones (excluding diaryl/α,β-unsaturated/α-hetero) is 1. The summed E-state index contributed by atoms with van der Waals surface area (Å²) in [5, 5.41) is 0. The van der Waals surface area contributed by atoms with Gasteiger partial charge in [-0.15, -0.1) is 0 Å². The van der Waals surface area contributed by atoms with Crippen LogP contribution in [0.5, 0.6) is 0 Å². The van der Waals surface area contributed by atoms with Crippen LogP contribution >= 0.6 is 0 Å². The van der Waals surface area contributed by atoms with Gasteiger partial charge in [0.1, 0.15) is 11.6 Å². The lowest BCUT2D eigenvalue weighted by Gasteiger charge is -2.16. The Bertz CT molecular complexity index is 914. The second-order valence-electron chi connectivity index (χ2n) is 5.35. The average molecular weight is 353 g/mol. The highest BCUT2D eigenvalue weighted by molar-refractivity contribution is 6.24. The Labute approximate surface area is 137 Å². The molecule has 0 aliphatic heterocycles. The minimum absolute atomic E-state index is 0.0839. The van der Waals surface area contributed by atoms with E-state index in [0.717, 1.165) is 30.3 Å². The molecule has 0 amide bonds. The van der Waals surface area contributed by atoms with Gasteiger partial charge in [-0.2, -0.15) is 13.2 Å². The summed E-state index contributed by atoms with van der Waals surface area (Å²) >= 11 is 0. The second kappa shape index (κ2) is 5.87. The molecule has 0 fully saturated rings. The number of aromatic nitrogens is 1. The number of ketones is 2. The van der Waals surface area contributed by atoms with E-state index in [9.17, 15) is 31.5 Å². The molecule has 0 saturated heterocycles. The molecule has 3 nitrogen and oxygen atoms in total. The summed E-state index contributed by atoms with van der Waals surface area (Å²) in [7, 11) is 0. The fraction of sp³-hybridized carbons (Fsp3) is 0.118. The van der Waals surface area contributed by atoms with E-state index in [0.29, 0.717) is 6.20 Å². The quantitative estimate of drug-likeness (QED) is 0.769. The molecule has 0 saturated carbocycles. The first-order valence-electron chi connectivity index (χ1n) is 6.98. The third-order valence-corrected chi connectivity index (χ3v) is 3.70. The van der Waals surface area contributed by atoms with E-state index in [1.165, 1.54) is 0 Å². The van der Waals surface area contributed by atoms with Gasteiger partial charge in [-0.1, -0.05) is 0 Å². The van der Waals surface area contributed by atoms with Crippen molar-refractivity contribution >= 4 is 11.6 Å². The van der Waals surface area contributed by atoms with E-state index in [-0.39, 0.29) is 17.7 Å². The highest BCUT2D eigenvalue weighted by Crippen LogP contribution is 2.30. The van der Waals surface area contributed by atoms with Crippen molar-refractivity contribution in [1.82, 2.24) is 4.98 Å². The summed E-state index contributed by atoms with van der Waals surface area (Å²) in [5.74, 6) is -3.83. The third kappa shape index (κ3) is 3.07. The van der Waals surface area contributed by atoms with Gasteiger partial charge in [0, 0.05) is 23.9 Å². The fourth-order valence-corrected chi connectivity index (χ4v) is 2.49. The number of rotatable bonds is 2. The largest absolute Gasteiger partial charge is 0.417 e. The Kier molecular flexibility index (Phi) is 3.98. The van der Waals surface area contributed by atoms with Crippen molar-refractivity contribution in [2.24, 2.45) is 0 Å². The fourth-order valence-electron chi connectivity index (χ4n) is 2.49. The van der Waals surface area contributed by atoms with Gasteiger partial charge in [-0.05, 0) is 30.3 Å². The standard InChI is InChI=1S/C17H8F5NO2/c18-11-3-4-12(19)15-14(11)13(24)6-8(16(15)25)5-10-2-1-9(7-23-10)17(20,21)22/h1-4,6-7H,5H2. The first kappa shape index (κ1) is 16.9. The van der Waals surface area contributed by atoms with Crippen LogP contribution in [-0.4, -0.2) is 16.6 Å². The summed E-state index contributed by atoms with van der Waals surface area (Å²) in [4.78, 5) is 27.9. The van der Waals surface area contributed by atoms with Crippen LogP contribution in [0.15, 0.2) is 42.1 Å². The first-order valence-corrected chi connectivity index (χ1v) is 6.98. The molecule has 1 aromatic carbocycles. The van der Waals surface area contributed by atoms with Crippen molar-refractivity contribution in [3.63, 3.8) is 0 Å². The van der Waals surface area contributed by atoms with Gasteiger partial charge in [0.05, 0.1) is 16.7 Å². The summed E-state index contributed by atoms with van der Waals surface area (Å²) < 4.78 is 65.1. The normalized spacial score (nSPS) is 14.4. The summed E-state index contributed by atoms with van der Waals surface area (Å²) in [6.45, 7) is 0. The van der Waals surface area contributed by atoms with Crippen LogP contribution in [-0.2, 0) is 12.6 Å². The summed E-state index contributed by atoms with van der Waals surface area (Å²) in [6.07, 6.45) is -3.38. The van der Waals surface area contributed by atoms with Gasteiger partial charge in [-0.25, -0.2) is 8.78 Å². The SMILES string of the molecule is O=C1C=C(Cc2ccc(C(F)(F)F)cn2)C(=O)c2c(F)ccc(F)c21. The number of nitrogens with zero attached hydrogens (tertiary/aromatic N) is 1. The molecule has 0 radical (unpaired) electrons. The molecule has 1 aliphatic rings. The molecule has 3 rings (SSSR count). The highest BCUT2D eigenvalue weighted by atomic mass is 19.4. The van der Waals surface area contributed by atoms with Crippen LogP contribution in [0.25, 0.3) is 0 Å². The molecule has 128 valence electrons. The van der Waals surface area contributed by atoms with Crippen LogP contribution in [0.2, 0.25) is 0 Å². The van der Waals surface area contributed by atoms with Crippen molar-refractivity contribution in [3.8, 4) is 0 Å². The number of hydrogen-bond donors (Lipinski definition) is 0. The maximum atomic E-state index is 13.9. The lowest BCUT2D eigenvalue weighted by atomic mass is 9.87. The van der Waals surface area contributed by atoms with Gasteiger partial charge in [0.2, 0.25) is 0 Å². The number of halogens is 5. The molecule has 8 heteroatoms. The number of alkyl halides is 3. The van der Waals surface area contributed by atoms with Gasteiger partial charge in [-0.3, -0.25) is 14.6 Å². The van der Waals surface area contributed by atoms with Crippen LogP contribution in [0, 0.1) is 11.6 Å². The Balaban J connectivity index is 1.93. The molecule has 2 aromatic rings. The number of hydrogen-bond acceptors (Lipinski definition) is 3. The van der Waals surface area contributed by atoms with E-state index in [1.807, 2.05) is 0 Å². The zero-order valence-corrected chi connectivity index (χ0v) is 12.3. The molecule has 1 heterocycles. The molecule has 0 bridgehead atoms. The molecule has 0 spiro atoms. The number of benzene rings is 1. The number of carbonyl (C=O) groups excluding carboxylic acids is 2. The molecular weight excluding hydrogens is 345 g/mol. The van der Waals surface area contributed by atoms with Crippen LogP contribution in [0.1, 0.15) is 32.0 Å². The van der Waals surface area contributed by atoms with Gasteiger partial charge in [0.15, 0.2) is 11.6 Å². The minimum atomic E-state index is -4.55. The van der Waals surface area contributed by atoms with E-state index in [4.69, 9.17) is 0 Å². The van der Waals surface area contributed by atoms with Crippen molar-refractivity contribution in [2.75, 3.05) is 0 Å². The third-order valence-electron chi connectivity index (χ3n) is 3.70. The number of fused-ring (bicyclic) bond motifs is 1. The lowest BCUT2D eigenvalue weighted by Crippen LogP contribution is -2.21. The molecule has 0 unspecified atom stereocenters. The van der Waals surface area contributed by atoms with Crippen molar-refractivity contribution in [2.45, 2.75) is 12.6 Å². The van der Waals surface area contributed by atoms with Crippen molar-refractivity contribution in [3.05, 3.63) is 76.1 Å². The van der Waals surface area contributed by atoms with Crippen LogP contribution in [0.3, 0.4) is 0 Å². The molecule has 0 atom stereocenters. The maximum Gasteiger partial charge on any atom is 0.417 e. The Morgan fingerprint density at radius 3 is 2.12 bits per heavy atom. The van der Waals surface area contributed by atoms with Gasteiger partial charge < -0.3 is 0 Å². The van der Waals surface area contributed by atoms with Crippen LogP contribution < -0.4 is 0 Å². The summed E-state index contributed by atoms with van der Waals surface area (Å²) in [5.41, 5.74) is -2.37. The molecule has 1 aromatic heterocycles. The van der Waals surface area contributed by atoms with Gasteiger partial charge >= 0.3 is 6.18 Å². The molecular formula is C17H8F5NO2. The second-order valence-corrected chi connectivity index (χ2v) is 5.35. The predicted molar refractivity (Wildman–Crippen MR) is 76.0 cm³/mol. The van der Waals surface area contributed by atoms with Crippen molar-refractivity contribution in [1.29, 1.82) is 0 Å². The first-order chi connectivity index (χ1) is 11.7. The maximum absolute atomic E-state index is 13.9. The zero-order valence-electron chi connectivity index (χ0n) is 12.3. The van der Waals surface area contributed by atoms with Gasteiger partial charge in [0.25, 0.3) is 0 Å². The Hall–Kier alpha value is -2.90. The molecule has 0 N–H and O–H groups in total. The number of pyridine rings is 1. The van der Waals surface area contributed by atoms with E-state index < -0.39 is 46.1 Å². The monoisotopic (exact) mass is 353 g/mol. The highest BCUT2D eigenvalue weighted by Gasteiger charge is 2.32. The predicted octanol–water partition coefficient (Wildman–Crippen LogP) is 3.93. The number of carbonyl (C=O) groups is 2. The minimum Gasteiger partial charge on any atom is -0.289 e. The molecule has 25 heavy (non-hydrogen) atoms. The van der Waals surface area contributed by atoms with Crippen molar-refractivity contribution < 1.29 is 31.5 Å². The van der Waals surface area contributed by atoms with E-state index in [1.54, 1.807) is 0 Å². The molecule has 1 aliphatic carbocycles. The lowest BCUT2D eigenvalue weighted by molar-refractivity contribution is -0.137. The van der Waals surface area contributed by atoms with Crippen LogP contribution in [0.4, 0.5) is 22.0 Å². The topological polar surface area (TPSA) is 47.0 Å². The smallest absolute Gasteiger partial charge is 0.289 e. The average Bonchev–Trinajstić information content (AvgIpc) is 2.54. The summed E-state index contributed by atoms with van der Waals surface area (Å²) in [6, 6.07) is 3.32. The zero-order chi connectivity index (χ0) is 18.4.